The fraction of sp³-hybridized carbons (Fsp3) is 0.667. The Hall–Kier alpha value is -1.81. The zero-order valence-corrected chi connectivity index (χ0v) is 13.3. The molecule has 0 aromatic heterocycles. The highest BCUT2D eigenvalue weighted by molar-refractivity contribution is 7.98. The van der Waals surface area contributed by atoms with Crippen molar-refractivity contribution in [3.05, 3.63) is 0 Å². The van der Waals surface area contributed by atoms with Gasteiger partial charge >= 0.3 is 5.97 Å². The Morgan fingerprint density at radius 3 is 2.23 bits per heavy atom. The number of aliphatic carboxylic acids is 1. The van der Waals surface area contributed by atoms with Crippen LogP contribution in [-0.4, -0.2) is 58.9 Å². The van der Waals surface area contributed by atoms with E-state index in [0.717, 1.165) is 0 Å². The Morgan fingerprint density at radius 1 is 1.18 bits per heavy atom. The van der Waals surface area contributed by atoms with E-state index in [2.05, 4.69) is 10.6 Å². The van der Waals surface area contributed by atoms with Crippen molar-refractivity contribution in [2.75, 3.05) is 12.0 Å². The summed E-state index contributed by atoms with van der Waals surface area (Å²) in [6.07, 6.45) is 1.75. The highest BCUT2D eigenvalue weighted by Gasteiger charge is 2.25. The Morgan fingerprint density at radius 2 is 1.77 bits per heavy atom. The summed E-state index contributed by atoms with van der Waals surface area (Å²) in [5.41, 5.74) is 10.4. The average molecular weight is 334 g/mol. The van der Waals surface area contributed by atoms with Crippen LogP contribution in [0.15, 0.2) is 0 Å². The van der Waals surface area contributed by atoms with Crippen LogP contribution in [0.3, 0.4) is 0 Å². The molecule has 3 amide bonds. The molecule has 9 nitrogen and oxygen atoms in total. The molecule has 10 heteroatoms. The van der Waals surface area contributed by atoms with Crippen LogP contribution in [0.4, 0.5) is 0 Å². The van der Waals surface area contributed by atoms with Crippen LogP contribution >= 0.6 is 11.8 Å². The van der Waals surface area contributed by atoms with E-state index in [-0.39, 0.29) is 12.8 Å². The first-order valence-corrected chi connectivity index (χ1v) is 7.94. The molecule has 22 heavy (non-hydrogen) atoms. The number of nitrogens with two attached hydrogens (primary N) is 2. The van der Waals surface area contributed by atoms with Crippen molar-refractivity contribution in [1.29, 1.82) is 0 Å². The summed E-state index contributed by atoms with van der Waals surface area (Å²) in [5.74, 6) is -2.67. The predicted molar refractivity (Wildman–Crippen MR) is 82.0 cm³/mol. The maximum Gasteiger partial charge on any atom is 0.326 e. The Labute approximate surface area is 132 Å². The zero-order valence-electron chi connectivity index (χ0n) is 12.5. The van der Waals surface area contributed by atoms with Crippen molar-refractivity contribution in [1.82, 2.24) is 10.6 Å². The molecule has 0 saturated heterocycles. The van der Waals surface area contributed by atoms with Gasteiger partial charge in [-0.1, -0.05) is 0 Å². The van der Waals surface area contributed by atoms with E-state index >= 15 is 0 Å². The van der Waals surface area contributed by atoms with Gasteiger partial charge in [0, 0.05) is 0 Å². The smallest absolute Gasteiger partial charge is 0.326 e. The molecule has 0 bridgehead atoms. The first-order chi connectivity index (χ1) is 10.2. The number of carbonyl (C=O) groups is 4. The monoisotopic (exact) mass is 334 g/mol. The molecular weight excluding hydrogens is 312 g/mol. The molecule has 0 aliphatic carbocycles. The molecule has 126 valence electrons. The van der Waals surface area contributed by atoms with E-state index in [1.807, 2.05) is 6.26 Å². The second kappa shape index (κ2) is 10.0. The lowest BCUT2D eigenvalue weighted by atomic mass is 10.1. The molecule has 0 rings (SSSR count). The number of hydrogen-bond donors (Lipinski definition) is 5. The van der Waals surface area contributed by atoms with Crippen molar-refractivity contribution in [3.8, 4) is 0 Å². The van der Waals surface area contributed by atoms with Gasteiger partial charge in [-0.05, 0) is 25.4 Å². The van der Waals surface area contributed by atoms with Gasteiger partial charge < -0.3 is 27.2 Å². The number of rotatable bonds is 10. The van der Waals surface area contributed by atoms with Crippen LogP contribution in [0.1, 0.15) is 19.8 Å². The molecule has 0 heterocycles. The van der Waals surface area contributed by atoms with E-state index in [1.54, 1.807) is 0 Å². The molecule has 3 atom stereocenters. The summed E-state index contributed by atoms with van der Waals surface area (Å²) in [4.78, 5) is 45.2. The molecule has 7 N–H and O–H groups in total. The average Bonchev–Trinajstić information content (AvgIpc) is 2.41. The highest BCUT2D eigenvalue weighted by atomic mass is 32.2. The summed E-state index contributed by atoms with van der Waals surface area (Å²) >= 11 is 1.46. The number of primary amides is 1. The molecular formula is C12H22N4O5S. The minimum Gasteiger partial charge on any atom is -0.480 e. The number of thioether (sulfide) groups is 1. The molecule has 0 saturated carbocycles. The molecule has 0 aromatic rings. The number of hydrogen-bond acceptors (Lipinski definition) is 6. The summed E-state index contributed by atoms with van der Waals surface area (Å²) < 4.78 is 0. The van der Waals surface area contributed by atoms with Crippen LogP contribution in [-0.2, 0) is 19.2 Å². The molecule has 0 aliphatic heterocycles. The molecule has 0 fully saturated rings. The van der Waals surface area contributed by atoms with E-state index in [1.165, 1.54) is 18.7 Å². The lowest BCUT2D eigenvalue weighted by molar-refractivity contribution is -0.142. The zero-order chi connectivity index (χ0) is 17.3. The summed E-state index contributed by atoms with van der Waals surface area (Å²) in [6.45, 7) is 1.39. The fourth-order valence-corrected chi connectivity index (χ4v) is 1.96. The van der Waals surface area contributed by atoms with E-state index in [4.69, 9.17) is 16.6 Å². The standard InChI is InChI=1S/C12H22N4O5S/c1-6(15-11(19)7(13)5-9(14)17)10(18)16-8(12(20)21)3-4-22-2/h6-8H,3-5,13H2,1-2H3,(H2,14,17)(H,15,19)(H,16,18)(H,20,21)/t6-,7-,8-/m0/s1. The van der Waals surface area contributed by atoms with Gasteiger partial charge in [-0.2, -0.15) is 11.8 Å². The van der Waals surface area contributed by atoms with Crippen LogP contribution < -0.4 is 22.1 Å². The van der Waals surface area contributed by atoms with Crippen LogP contribution in [0.5, 0.6) is 0 Å². The SMILES string of the molecule is CSCC[C@H](NC(=O)[C@H](C)NC(=O)[C@@H](N)CC(N)=O)C(=O)O. The van der Waals surface area contributed by atoms with Crippen molar-refractivity contribution < 1.29 is 24.3 Å². The van der Waals surface area contributed by atoms with E-state index in [0.29, 0.717) is 5.75 Å². The van der Waals surface area contributed by atoms with Gasteiger partial charge in [0.05, 0.1) is 12.5 Å². The topological polar surface area (TPSA) is 165 Å². The third-order valence-electron chi connectivity index (χ3n) is 2.74. The Balaban J connectivity index is 4.48. The van der Waals surface area contributed by atoms with Gasteiger partial charge in [0.2, 0.25) is 17.7 Å². The van der Waals surface area contributed by atoms with E-state index in [9.17, 15) is 19.2 Å². The Kier molecular flexibility index (Phi) is 9.18. The number of amides is 3. The summed E-state index contributed by atoms with van der Waals surface area (Å²) in [7, 11) is 0. The lowest BCUT2D eigenvalue weighted by Crippen LogP contribution is -2.53. The largest absolute Gasteiger partial charge is 0.480 e. The second-order valence-corrected chi connectivity index (χ2v) is 5.67. The highest BCUT2D eigenvalue weighted by Crippen LogP contribution is 2.01. The third-order valence-corrected chi connectivity index (χ3v) is 3.38. The lowest BCUT2D eigenvalue weighted by Gasteiger charge is -2.19. The molecule has 0 spiro atoms. The first kappa shape index (κ1) is 20.2. The van der Waals surface area contributed by atoms with Crippen molar-refractivity contribution in [2.45, 2.75) is 37.9 Å². The van der Waals surface area contributed by atoms with Crippen LogP contribution in [0, 0.1) is 0 Å². The van der Waals surface area contributed by atoms with Gasteiger partial charge in [-0.25, -0.2) is 4.79 Å². The summed E-state index contributed by atoms with van der Waals surface area (Å²) in [6, 6.07) is -3.17. The van der Waals surface area contributed by atoms with Gasteiger partial charge in [-0.3, -0.25) is 14.4 Å². The van der Waals surface area contributed by atoms with Gasteiger partial charge in [-0.15, -0.1) is 0 Å². The molecule has 0 unspecified atom stereocenters. The molecule has 0 aliphatic rings. The number of carbonyl (C=O) groups excluding carboxylic acids is 3. The molecule has 0 aromatic carbocycles. The second-order valence-electron chi connectivity index (χ2n) is 4.69. The van der Waals surface area contributed by atoms with E-state index < -0.39 is 41.8 Å². The Bertz CT molecular complexity index is 432. The summed E-state index contributed by atoms with van der Waals surface area (Å²) in [5, 5.41) is 13.7. The minimum atomic E-state index is -1.15. The maximum absolute atomic E-state index is 11.9. The molecule has 0 radical (unpaired) electrons. The van der Waals surface area contributed by atoms with Crippen molar-refractivity contribution >= 4 is 35.5 Å². The van der Waals surface area contributed by atoms with Crippen molar-refractivity contribution in [3.63, 3.8) is 0 Å². The quantitative estimate of drug-likeness (QED) is 0.309. The first-order valence-electron chi connectivity index (χ1n) is 6.55. The number of carboxylic acids is 1. The van der Waals surface area contributed by atoms with Gasteiger partial charge in [0.15, 0.2) is 0 Å². The van der Waals surface area contributed by atoms with Crippen molar-refractivity contribution in [2.24, 2.45) is 11.5 Å². The van der Waals surface area contributed by atoms with Crippen LogP contribution in [0.2, 0.25) is 0 Å². The predicted octanol–water partition coefficient (Wildman–Crippen LogP) is -1.98. The van der Waals surface area contributed by atoms with Gasteiger partial charge in [0.1, 0.15) is 12.1 Å². The van der Waals surface area contributed by atoms with Gasteiger partial charge in [0.25, 0.3) is 0 Å². The number of nitrogens with one attached hydrogen (secondary N) is 2. The maximum atomic E-state index is 11.9. The van der Waals surface area contributed by atoms with Crippen LogP contribution in [0.25, 0.3) is 0 Å². The third kappa shape index (κ3) is 7.84. The normalized spacial score (nSPS) is 14.5. The minimum absolute atomic E-state index is 0.268. The fourth-order valence-electron chi connectivity index (χ4n) is 1.49. The number of carboxylic acid groups (broad SMARTS) is 1.